The Labute approximate surface area is 229 Å². The fraction of sp³-hybridized carbons (Fsp3) is 0.536. The van der Waals surface area contributed by atoms with Gasteiger partial charge >= 0.3 is 5.97 Å². The van der Waals surface area contributed by atoms with Crippen molar-refractivity contribution in [1.82, 2.24) is 5.32 Å². The van der Waals surface area contributed by atoms with Gasteiger partial charge in [0.2, 0.25) is 10.0 Å². The van der Waals surface area contributed by atoms with Crippen molar-refractivity contribution in [2.45, 2.75) is 76.5 Å². The number of phenolic OH excluding ortho intramolecular Hbond substituents is 1. The number of rotatable bonds is 13. The van der Waals surface area contributed by atoms with Crippen molar-refractivity contribution >= 4 is 30.0 Å². The van der Waals surface area contributed by atoms with E-state index in [-0.39, 0.29) is 40.3 Å². The quantitative estimate of drug-likeness (QED) is 0.160. The van der Waals surface area contributed by atoms with Gasteiger partial charge in [0, 0.05) is 12.1 Å². The van der Waals surface area contributed by atoms with Crippen LogP contribution in [0.25, 0.3) is 0 Å². The molecule has 0 aliphatic carbocycles. The Balaban J connectivity index is 2.27. The van der Waals surface area contributed by atoms with Crippen LogP contribution in [0, 0.1) is 0 Å². The third kappa shape index (κ3) is 9.72. The Bertz CT molecular complexity index is 1200. The molecular weight excluding hydrogens is 520 g/mol. The molecule has 0 radical (unpaired) electrons. The summed E-state index contributed by atoms with van der Waals surface area (Å²) in [5.74, 6) is -0.462. The molecule has 8 nitrogen and oxygen atoms in total. The average molecular weight is 565 g/mol. The molecule has 0 aliphatic heterocycles. The van der Waals surface area contributed by atoms with Crippen LogP contribution in [0.1, 0.15) is 56.7 Å². The van der Waals surface area contributed by atoms with E-state index in [9.17, 15) is 23.1 Å². The van der Waals surface area contributed by atoms with E-state index in [2.05, 4.69) is 37.7 Å². The maximum absolute atomic E-state index is 11.8. The molecule has 2 aromatic carbocycles. The van der Waals surface area contributed by atoms with E-state index >= 15 is 0 Å². The molecule has 2 aromatic rings. The van der Waals surface area contributed by atoms with Crippen LogP contribution in [0.15, 0.2) is 42.5 Å². The molecule has 0 bridgehead atoms. The van der Waals surface area contributed by atoms with Gasteiger partial charge in [-0.25, -0.2) is 8.42 Å². The molecule has 0 aromatic heterocycles. The lowest BCUT2D eigenvalue weighted by atomic mass is 9.87. The summed E-state index contributed by atoms with van der Waals surface area (Å²) in [7, 11) is -4.71. The summed E-state index contributed by atoms with van der Waals surface area (Å²) in [6.45, 7) is 12.8. The SMILES string of the molecule is COC(=O)Cc1ccc(CC(C)(C)NC[C@H](CC(C)(C)[Si](C)(C)O)c2ccc(O)c(NS(C)(=O)=O)c2)cc1. The summed E-state index contributed by atoms with van der Waals surface area (Å²) in [4.78, 5) is 22.5. The standard InChI is InChI=1S/C28H44N2O6SSi/c1-27(2,17-21-11-9-20(10-12-21)15-26(32)36-5)29-19-23(18-28(3,4)38(7,8)35)22-13-14-25(31)24(16-22)30-37(6,33)34/h9-14,16,23,29-31,35H,15,17-19H2,1-8H3/t23-/m0/s1. The second-order valence-electron chi connectivity index (χ2n) is 12.0. The van der Waals surface area contributed by atoms with Gasteiger partial charge in [-0.3, -0.25) is 9.52 Å². The third-order valence-corrected chi connectivity index (χ3v) is 11.4. The number of nitrogens with one attached hydrogen (secondary N) is 2. The first-order chi connectivity index (χ1) is 17.3. The van der Waals surface area contributed by atoms with E-state index in [0.717, 1.165) is 29.4 Å². The first kappa shape index (κ1) is 31.8. The van der Waals surface area contributed by atoms with Gasteiger partial charge in [-0.1, -0.05) is 44.2 Å². The number of anilines is 1. The minimum atomic E-state index is -3.57. The van der Waals surface area contributed by atoms with Crippen LogP contribution in [-0.4, -0.2) is 58.1 Å². The highest BCUT2D eigenvalue weighted by molar-refractivity contribution is 7.92. The third-order valence-electron chi connectivity index (χ3n) is 7.27. The van der Waals surface area contributed by atoms with Crippen molar-refractivity contribution in [3.63, 3.8) is 0 Å². The molecule has 0 amide bonds. The molecule has 2 rings (SSSR count). The molecular formula is C28H44N2O6SSi. The van der Waals surface area contributed by atoms with Gasteiger partial charge in [-0.2, -0.15) is 0 Å². The number of benzene rings is 2. The minimum absolute atomic E-state index is 0.0497. The first-order valence-corrected chi connectivity index (χ1v) is 17.6. The van der Waals surface area contributed by atoms with Gasteiger partial charge in [0.1, 0.15) is 5.75 Å². The predicted molar refractivity (Wildman–Crippen MR) is 156 cm³/mol. The zero-order valence-electron chi connectivity index (χ0n) is 23.9. The largest absolute Gasteiger partial charge is 0.506 e. The van der Waals surface area contributed by atoms with Crippen molar-refractivity contribution in [2.75, 3.05) is 24.6 Å². The van der Waals surface area contributed by atoms with E-state index in [1.807, 2.05) is 43.4 Å². The van der Waals surface area contributed by atoms with Crippen molar-refractivity contribution in [3.8, 4) is 5.75 Å². The van der Waals surface area contributed by atoms with Gasteiger partial charge in [0.25, 0.3) is 0 Å². The summed E-state index contributed by atoms with van der Waals surface area (Å²) >= 11 is 0. The lowest BCUT2D eigenvalue weighted by molar-refractivity contribution is -0.139. The van der Waals surface area contributed by atoms with Crippen LogP contribution in [0.4, 0.5) is 5.69 Å². The smallest absolute Gasteiger partial charge is 0.309 e. The molecule has 38 heavy (non-hydrogen) atoms. The van der Waals surface area contributed by atoms with Crippen molar-refractivity contribution in [1.29, 1.82) is 0 Å². The van der Waals surface area contributed by atoms with E-state index in [4.69, 9.17) is 4.74 Å². The number of methoxy groups -OCH3 is 1. The van der Waals surface area contributed by atoms with Gasteiger partial charge in [0.15, 0.2) is 8.32 Å². The maximum atomic E-state index is 11.8. The molecule has 212 valence electrons. The van der Waals surface area contributed by atoms with Crippen LogP contribution in [0.3, 0.4) is 0 Å². The fourth-order valence-corrected chi connectivity index (χ4v) is 5.56. The Morgan fingerprint density at radius 1 is 1.05 bits per heavy atom. The highest BCUT2D eigenvalue weighted by Gasteiger charge is 2.40. The maximum Gasteiger partial charge on any atom is 0.309 e. The van der Waals surface area contributed by atoms with E-state index in [1.54, 1.807) is 6.07 Å². The number of hydrogen-bond acceptors (Lipinski definition) is 7. The van der Waals surface area contributed by atoms with Gasteiger partial charge in [-0.15, -0.1) is 0 Å². The molecule has 1 atom stereocenters. The number of sulfonamides is 1. The number of carbonyl (C=O) groups excluding carboxylic acids is 1. The Hall–Kier alpha value is -2.40. The van der Waals surface area contributed by atoms with Gasteiger partial charge in [0.05, 0.1) is 25.5 Å². The molecule has 0 aliphatic rings. The molecule has 0 heterocycles. The highest BCUT2D eigenvalue weighted by atomic mass is 32.2. The number of esters is 1. The predicted octanol–water partition coefficient (Wildman–Crippen LogP) is 4.54. The van der Waals surface area contributed by atoms with Gasteiger partial charge in [-0.05, 0) is 79.6 Å². The highest BCUT2D eigenvalue weighted by Crippen LogP contribution is 2.45. The minimum Gasteiger partial charge on any atom is -0.506 e. The summed E-state index contributed by atoms with van der Waals surface area (Å²) in [5, 5.41) is 13.6. The van der Waals surface area contributed by atoms with E-state index in [1.165, 1.54) is 13.2 Å². The van der Waals surface area contributed by atoms with Crippen LogP contribution in [0.2, 0.25) is 18.1 Å². The van der Waals surface area contributed by atoms with Crippen molar-refractivity contribution in [3.05, 3.63) is 59.2 Å². The van der Waals surface area contributed by atoms with Crippen LogP contribution >= 0.6 is 0 Å². The zero-order valence-corrected chi connectivity index (χ0v) is 25.7. The van der Waals surface area contributed by atoms with Crippen LogP contribution in [0.5, 0.6) is 5.75 Å². The molecule has 4 N–H and O–H groups in total. The van der Waals surface area contributed by atoms with Crippen molar-refractivity contribution in [2.24, 2.45) is 0 Å². The lowest BCUT2D eigenvalue weighted by Gasteiger charge is -2.39. The Morgan fingerprint density at radius 3 is 2.16 bits per heavy atom. The van der Waals surface area contributed by atoms with Crippen LogP contribution < -0.4 is 10.0 Å². The zero-order chi connectivity index (χ0) is 28.9. The second-order valence-corrected chi connectivity index (χ2v) is 18.2. The number of carbonyl (C=O) groups is 1. The molecule has 0 fully saturated rings. The Kier molecular flexibility index (Phi) is 10.2. The molecule has 0 unspecified atom stereocenters. The lowest BCUT2D eigenvalue weighted by Crippen LogP contribution is -2.45. The molecule has 0 spiro atoms. The van der Waals surface area contributed by atoms with E-state index in [0.29, 0.717) is 13.0 Å². The summed E-state index contributed by atoms with van der Waals surface area (Å²) in [6, 6.07) is 12.9. The normalized spacial score (nSPS) is 13.7. The number of aromatic hydroxyl groups is 1. The Morgan fingerprint density at radius 2 is 1.63 bits per heavy atom. The van der Waals surface area contributed by atoms with Crippen molar-refractivity contribution < 1.29 is 27.9 Å². The number of phenols is 1. The monoisotopic (exact) mass is 564 g/mol. The molecule has 0 saturated heterocycles. The second kappa shape index (κ2) is 12.2. The first-order valence-electron chi connectivity index (χ1n) is 12.7. The van der Waals surface area contributed by atoms with Crippen LogP contribution in [-0.2, 0) is 32.4 Å². The van der Waals surface area contributed by atoms with E-state index < -0.39 is 18.3 Å². The summed E-state index contributed by atoms with van der Waals surface area (Å²) < 4.78 is 30.8. The topological polar surface area (TPSA) is 125 Å². The fourth-order valence-electron chi connectivity index (χ4n) is 4.25. The number of ether oxygens (including phenoxy) is 1. The average Bonchev–Trinajstić information content (AvgIpc) is 2.77. The number of hydrogen-bond donors (Lipinski definition) is 4. The van der Waals surface area contributed by atoms with Gasteiger partial charge < -0.3 is 20.0 Å². The summed E-state index contributed by atoms with van der Waals surface area (Å²) in [5.41, 5.74) is 2.76. The summed E-state index contributed by atoms with van der Waals surface area (Å²) in [6.07, 6.45) is 2.71. The molecule has 10 heteroatoms. The molecule has 0 saturated carbocycles.